The highest BCUT2D eigenvalue weighted by Gasteiger charge is 2.34. The molecule has 0 bridgehead atoms. The number of aromatic nitrogens is 2. The number of piperazine rings is 1. The topological polar surface area (TPSA) is 99.8 Å². The lowest BCUT2D eigenvalue weighted by Crippen LogP contribution is -2.50. The first kappa shape index (κ1) is 20.3. The summed E-state index contributed by atoms with van der Waals surface area (Å²) in [6.45, 7) is 6.95. The van der Waals surface area contributed by atoms with Crippen molar-refractivity contribution in [2.75, 3.05) is 33.2 Å². The van der Waals surface area contributed by atoms with Crippen LogP contribution in [0.5, 0.6) is 5.75 Å². The highest BCUT2D eigenvalue weighted by molar-refractivity contribution is 6.01. The van der Waals surface area contributed by atoms with Crippen LogP contribution in [0.1, 0.15) is 32.4 Å². The largest absolute Gasteiger partial charge is 0.491 e. The lowest BCUT2D eigenvalue weighted by molar-refractivity contribution is -0.133. The van der Waals surface area contributed by atoms with Gasteiger partial charge in [0.2, 0.25) is 5.91 Å². The number of amides is 1. The maximum Gasteiger partial charge on any atom is 0.225 e. The number of nitrogens with one attached hydrogen (secondary N) is 1. The summed E-state index contributed by atoms with van der Waals surface area (Å²) in [5, 5.41) is 8.35. The SMILES string of the molecule is CN=C(C=C(N)c1n[nH]c2ccc(OC(C)C)cc12)N1CCN(C(=O)C2CC2)CC1. The van der Waals surface area contributed by atoms with Crippen LogP contribution in [-0.4, -0.2) is 71.1 Å². The van der Waals surface area contributed by atoms with Gasteiger partial charge in [-0.1, -0.05) is 0 Å². The average molecular weight is 411 g/mol. The molecule has 3 N–H and O–H groups in total. The van der Waals surface area contributed by atoms with Crippen LogP contribution in [0.25, 0.3) is 16.6 Å². The lowest BCUT2D eigenvalue weighted by atomic mass is 10.1. The smallest absolute Gasteiger partial charge is 0.225 e. The molecule has 2 aliphatic rings. The molecule has 1 saturated heterocycles. The summed E-state index contributed by atoms with van der Waals surface area (Å²) >= 11 is 0. The van der Waals surface area contributed by atoms with Gasteiger partial charge in [0.1, 0.15) is 17.3 Å². The van der Waals surface area contributed by atoms with Gasteiger partial charge in [-0.2, -0.15) is 5.10 Å². The van der Waals surface area contributed by atoms with Crippen LogP contribution in [0.15, 0.2) is 29.3 Å². The molecule has 30 heavy (non-hydrogen) atoms. The Bertz CT molecular complexity index is 981. The Morgan fingerprint density at radius 3 is 2.60 bits per heavy atom. The van der Waals surface area contributed by atoms with E-state index >= 15 is 0 Å². The van der Waals surface area contributed by atoms with Gasteiger partial charge in [0, 0.05) is 50.6 Å². The predicted octanol–water partition coefficient (Wildman–Crippen LogP) is 2.23. The summed E-state index contributed by atoms with van der Waals surface area (Å²) in [5.74, 6) is 2.16. The molecule has 1 aliphatic carbocycles. The van der Waals surface area contributed by atoms with E-state index in [1.807, 2.05) is 43.0 Å². The van der Waals surface area contributed by atoms with Gasteiger partial charge in [-0.25, -0.2) is 0 Å². The van der Waals surface area contributed by atoms with E-state index in [0.717, 1.165) is 61.5 Å². The molecule has 0 radical (unpaired) electrons. The van der Waals surface area contributed by atoms with E-state index in [-0.39, 0.29) is 12.0 Å². The zero-order chi connectivity index (χ0) is 21.3. The minimum Gasteiger partial charge on any atom is -0.491 e. The van der Waals surface area contributed by atoms with Crippen LogP contribution in [0.4, 0.5) is 0 Å². The maximum absolute atomic E-state index is 12.3. The Labute approximate surface area is 176 Å². The predicted molar refractivity (Wildman–Crippen MR) is 118 cm³/mol. The van der Waals surface area contributed by atoms with E-state index in [2.05, 4.69) is 20.1 Å². The van der Waals surface area contributed by atoms with Crippen LogP contribution in [0.2, 0.25) is 0 Å². The number of hydrogen-bond acceptors (Lipinski definition) is 5. The van der Waals surface area contributed by atoms with Crippen molar-refractivity contribution < 1.29 is 9.53 Å². The first-order valence-corrected chi connectivity index (χ1v) is 10.6. The second-order valence-corrected chi connectivity index (χ2v) is 8.21. The number of rotatable bonds is 5. The summed E-state index contributed by atoms with van der Waals surface area (Å²) in [5.41, 5.74) is 8.56. The average Bonchev–Trinajstić information content (AvgIpc) is 3.50. The fraction of sp³-hybridized carbons (Fsp3) is 0.500. The summed E-state index contributed by atoms with van der Waals surface area (Å²) in [6, 6.07) is 5.83. The van der Waals surface area contributed by atoms with Crippen molar-refractivity contribution in [1.29, 1.82) is 0 Å². The van der Waals surface area contributed by atoms with E-state index in [1.165, 1.54) is 0 Å². The number of carbonyl (C=O) groups is 1. The van der Waals surface area contributed by atoms with E-state index in [9.17, 15) is 4.79 Å². The van der Waals surface area contributed by atoms with Crippen molar-refractivity contribution in [3.8, 4) is 5.75 Å². The molecule has 1 aromatic heterocycles. The fourth-order valence-electron chi connectivity index (χ4n) is 3.81. The molecule has 0 spiro atoms. The molecule has 1 aromatic carbocycles. The van der Waals surface area contributed by atoms with Gasteiger partial charge in [-0.05, 0) is 44.9 Å². The number of fused-ring (bicyclic) bond motifs is 1. The first-order valence-electron chi connectivity index (χ1n) is 10.6. The normalized spacial score (nSPS) is 18.4. The summed E-state index contributed by atoms with van der Waals surface area (Å²) in [7, 11) is 1.76. The third-order valence-electron chi connectivity index (χ3n) is 5.54. The highest BCUT2D eigenvalue weighted by atomic mass is 16.5. The van der Waals surface area contributed by atoms with E-state index in [4.69, 9.17) is 10.5 Å². The fourth-order valence-corrected chi connectivity index (χ4v) is 3.81. The molecule has 4 rings (SSSR count). The number of ether oxygens (including phenoxy) is 1. The molecule has 2 aromatic rings. The molecule has 1 saturated carbocycles. The van der Waals surface area contributed by atoms with Gasteiger partial charge in [0.05, 0.1) is 17.3 Å². The van der Waals surface area contributed by atoms with Gasteiger partial charge >= 0.3 is 0 Å². The van der Waals surface area contributed by atoms with Gasteiger partial charge < -0.3 is 20.3 Å². The molecule has 8 nitrogen and oxygen atoms in total. The number of benzene rings is 1. The summed E-state index contributed by atoms with van der Waals surface area (Å²) in [4.78, 5) is 20.9. The third-order valence-corrected chi connectivity index (χ3v) is 5.54. The molecule has 1 aliphatic heterocycles. The molecule has 160 valence electrons. The molecule has 0 atom stereocenters. The zero-order valence-electron chi connectivity index (χ0n) is 17.9. The first-order chi connectivity index (χ1) is 14.5. The molecular weight excluding hydrogens is 380 g/mol. The second kappa shape index (κ2) is 8.38. The van der Waals surface area contributed by atoms with E-state index in [1.54, 1.807) is 7.05 Å². The van der Waals surface area contributed by atoms with Gasteiger partial charge in [0.15, 0.2) is 0 Å². The molecule has 2 heterocycles. The van der Waals surface area contributed by atoms with Crippen LogP contribution >= 0.6 is 0 Å². The van der Waals surface area contributed by atoms with Crippen molar-refractivity contribution in [2.45, 2.75) is 32.8 Å². The minimum atomic E-state index is 0.0926. The van der Waals surface area contributed by atoms with Crippen molar-refractivity contribution in [2.24, 2.45) is 16.6 Å². The molecule has 2 fully saturated rings. The Morgan fingerprint density at radius 2 is 1.97 bits per heavy atom. The number of aliphatic imine (C=N–C) groups is 1. The standard InChI is InChI=1S/C22H30N6O2/c1-14(2)30-16-6-7-19-17(12-16)21(26-25-19)18(23)13-20(24-3)27-8-10-28(11-9-27)22(29)15-4-5-15/h6-7,12-15H,4-5,8-11,23H2,1-3H3,(H,25,26). The Morgan fingerprint density at radius 1 is 1.27 bits per heavy atom. The van der Waals surface area contributed by atoms with Crippen LogP contribution in [0, 0.1) is 5.92 Å². The molecule has 8 heteroatoms. The van der Waals surface area contributed by atoms with Crippen LogP contribution in [0.3, 0.4) is 0 Å². The summed E-state index contributed by atoms with van der Waals surface area (Å²) < 4.78 is 5.81. The number of hydrogen-bond donors (Lipinski definition) is 2. The van der Waals surface area contributed by atoms with Crippen molar-refractivity contribution in [3.63, 3.8) is 0 Å². The van der Waals surface area contributed by atoms with E-state index in [0.29, 0.717) is 17.3 Å². The number of carbonyl (C=O) groups excluding carboxylic acids is 1. The Balaban J connectivity index is 1.49. The van der Waals surface area contributed by atoms with Crippen LogP contribution < -0.4 is 10.5 Å². The van der Waals surface area contributed by atoms with Gasteiger partial charge in [-0.15, -0.1) is 0 Å². The van der Waals surface area contributed by atoms with Gasteiger partial charge in [0.25, 0.3) is 0 Å². The van der Waals surface area contributed by atoms with Gasteiger partial charge in [-0.3, -0.25) is 14.9 Å². The maximum atomic E-state index is 12.3. The quantitative estimate of drug-likeness (QED) is 0.582. The number of aromatic amines is 1. The van der Waals surface area contributed by atoms with Crippen molar-refractivity contribution in [1.82, 2.24) is 20.0 Å². The van der Waals surface area contributed by atoms with Crippen molar-refractivity contribution in [3.05, 3.63) is 30.0 Å². The molecular formula is C22H30N6O2. The Hall–Kier alpha value is -3.03. The number of amidine groups is 1. The highest BCUT2D eigenvalue weighted by Crippen LogP contribution is 2.31. The molecule has 0 unspecified atom stereocenters. The number of nitrogens with zero attached hydrogens (tertiary/aromatic N) is 4. The zero-order valence-corrected chi connectivity index (χ0v) is 17.9. The lowest BCUT2D eigenvalue weighted by Gasteiger charge is -2.36. The number of nitrogens with two attached hydrogens (primary N) is 1. The monoisotopic (exact) mass is 410 g/mol. The second-order valence-electron chi connectivity index (χ2n) is 8.21. The van der Waals surface area contributed by atoms with Crippen molar-refractivity contribution >= 4 is 28.3 Å². The van der Waals surface area contributed by atoms with E-state index < -0.39 is 0 Å². The number of H-pyrrole nitrogens is 1. The minimum absolute atomic E-state index is 0.0926. The molecule has 1 amide bonds. The third kappa shape index (κ3) is 4.27. The van der Waals surface area contributed by atoms with Crippen LogP contribution in [-0.2, 0) is 4.79 Å². The summed E-state index contributed by atoms with van der Waals surface area (Å²) in [6.07, 6.45) is 4.04. The Kier molecular flexibility index (Phi) is 5.65.